The molecule has 2 heterocycles. The number of hydrogen-bond acceptors (Lipinski definition) is 5. The van der Waals surface area contributed by atoms with E-state index in [0.717, 1.165) is 22.6 Å². The van der Waals surface area contributed by atoms with Crippen LogP contribution in [0.3, 0.4) is 0 Å². The van der Waals surface area contributed by atoms with Crippen LogP contribution in [0.15, 0.2) is 48.6 Å². The van der Waals surface area contributed by atoms with Crippen molar-refractivity contribution >= 4 is 0 Å². The molecule has 2 N–H and O–H groups in total. The Morgan fingerprint density at radius 1 is 0.967 bits per heavy atom. The van der Waals surface area contributed by atoms with Gasteiger partial charge in [0.05, 0.1) is 0 Å². The van der Waals surface area contributed by atoms with Gasteiger partial charge in [-0.15, -0.1) is 0 Å². The highest BCUT2D eigenvalue weighted by Gasteiger charge is 2.49. The quantitative estimate of drug-likeness (QED) is 0.747. The van der Waals surface area contributed by atoms with Crippen LogP contribution >= 0.6 is 0 Å². The van der Waals surface area contributed by atoms with Crippen LogP contribution < -0.4 is 9.47 Å². The summed E-state index contributed by atoms with van der Waals surface area (Å²) in [6, 6.07) is 7.72. The van der Waals surface area contributed by atoms with Crippen LogP contribution in [-0.2, 0) is 6.54 Å². The molecule has 0 spiro atoms. The smallest absolute Gasteiger partial charge is 0.198 e. The minimum atomic E-state index is -0.0493. The minimum absolute atomic E-state index is 0.0493. The third-order valence-corrected chi connectivity index (χ3v) is 7.09. The van der Waals surface area contributed by atoms with E-state index in [9.17, 15) is 10.2 Å². The van der Waals surface area contributed by atoms with Crippen molar-refractivity contribution in [3.8, 4) is 23.3 Å². The number of rotatable bonds is 5. The molecular weight excluding hydrogens is 380 g/mol. The summed E-state index contributed by atoms with van der Waals surface area (Å²) >= 11 is 0. The molecule has 3 unspecified atom stereocenters. The summed E-state index contributed by atoms with van der Waals surface area (Å²) in [5.41, 5.74) is 1.85. The van der Waals surface area contributed by atoms with Crippen molar-refractivity contribution in [2.24, 2.45) is 11.8 Å². The van der Waals surface area contributed by atoms with E-state index in [-0.39, 0.29) is 29.7 Å². The molecule has 5 atom stereocenters. The Labute approximate surface area is 175 Å². The normalized spacial score (nSPS) is 29.6. The van der Waals surface area contributed by atoms with Gasteiger partial charge in [-0.3, -0.25) is 4.57 Å². The van der Waals surface area contributed by atoms with Crippen molar-refractivity contribution in [1.82, 2.24) is 9.47 Å². The molecule has 0 saturated heterocycles. The highest BCUT2D eigenvalue weighted by atomic mass is 16.6. The lowest BCUT2D eigenvalue weighted by Crippen LogP contribution is -2.40. The van der Waals surface area contributed by atoms with Crippen molar-refractivity contribution in [2.75, 3.05) is 26.7 Å². The molecule has 7 rings (SSSR count). The summed E-state index contributed by atoms with van der Waals surface area (Å²) in [4.78, 5) is 2.15. The van der Waals surface area contributed by atoms with Crippen LogP contribution in [0.4, 0.5) is 0 Å². The summed E-state index contributed by atoms with van der Waals surface area (Å²) in [5, 5.41) is 21.9. The predicted molar refractivity (Wildman–Crippen MR) is 112 cm³/mol. The molecule has 156 valence electrons. The van der Waals surface area contributed by atoms with Gasteiger partial charge in [0, 0.05) is 42.6 Å². The maximum absolute atomic E-state index is 10.9. The molecule has 1 aliphatic heterocycles. The second kappa shape index (κ2) is 6.57. The highest BCUT2D eigenvalue weighted by molar-refractivity contribution is 5.59. The molecular formula is C24H26N2O4. The zero-order valence-corrected chi connectivity index (χ0v) is 16.9. The maximum atomic E-state index is 10.9. The van der Waals surface area contributed by atoms with E-state index >= 15 is 0 Å². The van der Waals surface area contributed by atoms with Crippen LogP contribution in [0.5, 0.6) is 23.3 Å². The van der Waals surface area contributed by atoms with Crippen LogP contribution in [0.1, 0.15) is 23.0 Å². The predicted octanol–water partition coefficient (Wildman–Crippen LogP) is 3.22. The molecule has 4 aliphatic carbocycles. The van der Waals surface area contributed by atoms with Crippen molar-refractivity contribution in [2.45, 2.75) is 24.5 Å². The molecule has 5 aliphatic rings. The Bertz CT molecular complexity index is 1010. The molecule has 0 fully saturated rings. The summed E-state index contributed by atoms with van der Waals surface area (Å²) in [6.07, 6.45) is 8.82. The fraction of sp³-hybridized carbons (Fsp3) is 0.417. The lowest BCUT2D eigenvalue weighted by Gasteiger charge is -2.47. The molecule has 0 amide bonds. The van der Waals surface area contributed by atoms with E-state index in [4.69, 9.17) is 9.47 Å². The number of allylic oxidation sites excluding steroid dienone is 4. The number of para-hydroxylation sites is 2. The van der Waals surface area contributed by atoms with Gasteiger partial charge in [-0.05, 0) is 31.0 Å². The summed E-state index contributed by atoms with van der Waals surface area (Å²) < 4.78 is 13.5. The van der Waals surface area contributed by atoms with Gasteiger partial charge in [0.1, 0.15) is 12.7 Å². The highest BCUT2D eigenvalue weighted by Crippen LogP contribution is 2.61. The zero-order chi connectivity index (χ0) is 20.4. The standard InChI is InChI=1S/C24H26N2O4/c1-25(12-14-13-29-19-4-2-3-5-20(19)30-14)10-11-26-23(27)21-17-8-9-18(22(21)24(26)28)16-7-6-15(16)17/h2-9,14-18,27-28H,10-13H2,1H3/t14?,15-,16+,17?,18?. The summed E-state index contributed by atoms with van der Waals surface area (Å²) in [5.74, 6) is 3.29. The molecule has 30 heavy (non-hydrogen) atoms. The minimum Gasteiger partial charge on any atom is -0.494 e. The van der Waals surface area contributed by atoms with Gasteiger partial charge in [-0.1, -0.05) is 36.4 Å². The molecule has 2 bridgehead atoms. The molecule has 0 radical (unpaired) electrons. The first-order valence-corrected chi connectivity index (χ1v) is 10.7. The van der Waals surface area contributed by atoms with E-state index in [1.54, 1.807) is 4.57 Å². The van der Waals surface area contributed by atoms with Gasteiger partial charge in [0.2, 0.25) is 0 Å². The Hall–Kier alpha value is -2.86. The van der Waals surface area contributed by atoms with Crippen molar-refractivity contribution in [1.29, 1.82) is 0 Å². The fourth-order valence-corrected chi connectivity index (χ4v) is 5.52. The SMILES string of the molecule is CN(CCn1c(O)c2c(c1O)C1C=CC2[C@H]2C=C[C@@H]12)CC1COc2ccccc2O1. The number of aromatic hydroxyl groups is 2. The third kappa shape index (κ3) is 2.53. The fourth-order valence-electron chi connectivity index (χ4n) is 5.52. The van der Waals surface area contributed by atoms with Crippen molar-refractivity contribution in [3.05, 3.63) is 59.7 Å². The Morgan fingerprint density at radius 2 is 1.60 bits per heavy atom. The molecule has 6 heteroatoms. The molecule has 0 saturated carbocycles. The van der Waals surface area contributed by atoms with Crippen LogP contribution in [0.2, 0.25) is 0 Å². The summed E-state index contributed by atoms with van der Waals surface area (Å²) in [7, 11) is 2.02. The van der Waals surface area contributed by atoms with E-state index in [1.807, 2.05) is 31.3 Å². The molecule has 1 aromatic heterocycles. The second-order valence-electron chi connectivity index (χ2n) is 8.86. The van der Waals surface area contributed by atoms with Crippen LogP contribution in [0.25, 0.3) is 0 Å². The molecule has 6 nitrogen and oxygen atoms in total. The van der Waals surface area contributed by atoms with Crippen molar-refractivity contribution < 1.29 is 19.7 Å². The van der Waals surface area contributed by atoms with Gasteiger partial charge >= 0.3 is 0 Å². The van der Waals surface area contributed by atoms with Crippen LogP contribution in [-0.4, -0.2) is 52.5 Å². The number of benzene rings is 1. The number of fused-ring (bicyclic) bond motifs is 1. The Morgan fingerprint density at radius 3 is 2.23 bits per heavy atom. The largest absolute Gasteiger partial charge is 0.494 e. The lowest BCUT2D eigenvalue weighted by atomic mass is 9.56. The van der Waals surface area contributed by atoms with E-state index in [0.29, 0.717) is 38.1 Å². The lowest BCUT2D eigenvalue weighted by molar-refractivity contribution is 0.0644. The van der Waals surface area contributed by atoms with E-state index < -0.39 is 0 Å². The van der Waals surface area contributed by atoms with Gasteiger partial charge in [0.15, 0.2) is 23.3 Å². The monoisotopic (exact) mass is 406 g/mol. The number of aromatic nitrogens is 1. The Balaban J connectivity index is 1.14. The topological polar surface area (TPSA) is 67.1 Å². The average molecular weight is 406 g/mol. The van der Waals surface area contributed by atoms with Gasteiger partial charge in [-0.2, -0.15) is 0 Å². The van der Waals surface area contributed by atoms with Crippen LogP contribution in [0, 0.1) is 11.8 Å². The van der Waals surface area contributed by atoms with Gasteiger partial charge in [0.25, 0.3) is 0 Å². The first kappa shape index (κ1) is 18.0. The van der Waals surface area contributed by atoms with E-state index in [1.165, 1.54) is 0 Å². The average Bonchev–Trinajstić information content (AvgIpc) is 2.98. The van der Waals surface area contributed by atoms with Crippen molar-refractivity contribution in [3.63, 3.8) is 0 Å². The summed E-state index contributed by atoms with van der Waals surface area (Å²) in [6.45, 7) is 2.43. The Kier molecular flexibility index (Phi) is 3.93. The second-order valence-corrected chi connectivity index (χ2v) is 8.86. The maximum Gasteiger partial charge on any atom is 0.198 e. The molecule has 2 aromatic rings. The zero-order valence-electron chi connectivity index (χ0n) is 16.9. The number of likely N-dealkylation sites (N-methyl/N-ethyl adjacent to an activating group) is 1. The molecule has 1 aromatic carbocycles. The third-order valence-electron chi connectivity index (χ3n) is 7.09. The number of ether oxygens (including phenoxy) is 2. The van der Waals surface area contributed by atoms with Gasteiger partial charge < -0.3 is 24.6 Å². The van der Waals surface area contributed by atoms with Gasteiger partial charge in [-0.25, -0.2) is 0 Å². The van der Waals surface area contributed by atoms with E-state index in [2.05, 4.69) is 29.2 Å². The number of hydrogen-bond donors (Lipinski definition) is 2. The first-order valence-electron chi connectivity index (χ1n) is 10.7. The first-order chi connectivity index (χ1) is 14.6. The number of nitrogens with zero attached hydrogens (tertiary/aromatic N) is 2.